The Labute approximate surface area is 137 Å². The van der Waals surface area contributed by atoms with E-state index in [1.165, 1.54) is 11.5 Å². The fourth-order valence-electron chi connectivity index (χ4n) is 2.38. The van der Waals surface area contributed by atoms with Gasteiger partial charge in [0.25, 0.3) is 5.56 Å². The van der Waals surface area contributed by atoms with E-state index in [1.807, 2.05) is 6.07 Å². The second-order valence-electron chi connectivity index (χ2n) is 4.99. The number of nitrogens with zero attached hydrogens (tertiary/aromatic N) is 3. The molecular weight excluding hydrogens is 308 g/mol. The molecule has 0 fully saturated rings. The van der Waals surface area contributed by atoms with Crippen LogP contribution in [0.1, 0.15) is 11.1 Å². The highest BCUT2D eigenvalue weighted by Crippen LogP contribution is 2.22. The van der Waals surface area contributed by atoms with E-state index in [4.69, 9.17) is 10.00 Å². The Kier molecular flexibility index (Phi) is 4.14. The number of rotatable bonds is 4. The minimum absolute atomic E-state index is 0.128. The first-order valence-corrected chi connectivity index (χ1v) is 7.14. The average molecular weight is 322 g/mol. The number of methoxy groups -OCH3 is 1. The topological polar surface area (TPSA) is 99.6 Å². The number of nitriles is 1. The number of benzene rings is 1. The molecule has 0 spiro atoms. The molecule has 2 N–H and O–H groups in total. The molecule has 0 unspecified atom stereocenters. The molecular formula is C17H14N4O3. The van der Waals surface area contributed by atoms with Crippen LogP contribution in [0.4, 0.5) is 11.5 Å². The average Bonchev–Trinajstić information content (AvgIpc) is 2.62. The molecule has 0 aliphatic carbocycles. The van der Waals surface area contributed by atoms with Crippen LogP contribution in [0.15, 0.2) is 47.4 Å². The summed E-state index contributed by atoms with van der Waals surface area (Å²) >= 11 is 0. The molecule has 0 radical (unpaired) electrons. The van der Waals surface area contributed by atoms with E-state index in [9.17, 15) is 9.90 Å². The monoisotopic (exact) mass is 322 g/mol. The van der Waals surface area contributed by atoms with Gasteiger partial charge in [-0.05, 0) is 30.3 Å². The van der Waals surface area contributed by atoms with Gasteiger partial charge in [-0.2, -0.15) is 5.26 Å². The summed E-state index contributed by atoms with van der Waals surface area (Å²) < 4.78 is 6.56. The van der Waals surface area contributed by atoms with Crippen LogP contribution in [0.3, 0.4) is 0 Å². The van der Waals surface area contributed by atoms with Crippen LogP contribution in [0.2, 0.25) is 0 Å². The molecule has 7 nitrogen and oxygen atoms in total. The van der Waals surface area contributed by atoms with Crippen molar-refractivity contribution < 1.29 is 9.84 Å². The van der Waals surface area contributed by atoms with Gasteiger partial charge in [0, 0.05) is 11.9 Å². The van der Waals surface area contributed by atoms with Crippen molar-refractivity contribution in [2.45, 2.75) is 6.61 Å². The number of pyridine rings is 1. The molecule has 0 aliphatic rings. The maximum absolute atomic E-state index is 12.6. The number of hydrogen-bond donors (Lipinski definition) is 2. The smallest absolute Gasteiger partial charge is 0.265 e. The maximum atomic E-state index is 12.6. The van der Waals surface area contributed by atoms with E-state index in [1.54, 1.807) is 42.6 Å². The predicted molar refractivity (Wildman–Crippen MR) is 88.4 cm³/mol. The molecule has 0 bridgehead atoms. The van der Waals surface area contributed by atoms with E-state index in [-0.39, 0.29) is 16.9 Å². The second-order valence-corrected chi connectivity index (χ2v) is 4.99. The lowest BCUT2D eigenvalue weighted by molar-refractivity contribution is 0.280. The zero-order valence-electron chi connectivity index (χ0n) is 12.9. The van der Waals surface area contributed by atoms with Gasteiger partial charge in [0.2, 0.25) is 0 Å². The second kappa shape index (κ2) is 6.40. The van der Waals surface area contributed by atoms with E-state index in [0.29, 0.717) is 22.6 Å². The first kappa shape index (κ1) is 15.5. The van der Waals surface area contributed by atoms with Crippen molar-refractivity contribution in [3.63, 3.8) is 0 Å². The molecule has 2 heterocycles. The van der Waals surface area contributed by atoms with Gasteiger partial charge in [0.15, 0.2) is 11.4 Å². The van der Waals surface area contributed by atoms with Gasteiger partial charge in [-0.15, -0.1) is 0 Å². The van der Waals surface area contributed by atoms with Crippen LogP contribution < -0.4 is 15.6 Å². The number of nitrogens with one attached hydrogen (secondary N) is 1. The summed E-state index contributed by atoms with van der Waals surface area (Å²) in [6, 6.07) is 12.2. The van der Waals surface area contributed by atoms with Gasteiger partial charge < -0.3 is 15.2 Å². The maximum Gasteiger partial charge on any atom is 0.265 e. The normalized spacial score (nSPS) is 10.4. The Morgan fingerprint density at radius 2 is 2.21 bits per heavy atom. The molecule has 0 saturated carbocycles. The van der Waals surface area contributed by atoms with Gasteiger partial charge in [0.1, 0.15) is 5.82 Å². The molecule has 7 heteroatoms. The number of aliphatic hydroxyl groups is 1. The number of anilines is 2. The van der Waals surface area contributed by atoms with Gasteiger partial charge in [-0.1, -0.05) is 6.07 Å². The highest BCUT2D eigenvalue weighted by molar-refractivity contribution is 5.65. The molecule has 0 atom stereocenters. The summed E-state index contributed by atoms with van der Waals surface area (Å²) in [5, 5.41) is 21.6. The predicted octanol–water partition coefficient (Wildman–Crippen LogP) is 1.81. The lowest BCUT2D eigenvalue weighted by atomic mass is 10.2. The largest absolute Gasteiger partial charge is 0.493 e. The molecule has 0 saturated heterocycles. The summed E-state index contributed by atoms with van der Waals surface area (Å²) in [6.45, 7) is -0.466. The summed E-state index contributed by atoms with van der Waals surface area (Å²) in [5.41, 5.74) is 1.14. The lowest BCUT2D eigenvalue weighted by Crippen LogP contribution is -2.22. The van der Waals surface area contributed by atoms with Crippen molar-refractivity contribution in [2.75, 3.05) is 12.4 Å². The molecule has 0 aliphatic heterocycles. The minimum Gasteiger partial charge on any atom is -0.493 e. The minimum atomic E-state index is -0.466. The Bertz CT molecular complexity index is 1000. The standard InChI is InChI=1S/C17H14N4O3/c1-24-14-6-3-7-21-16(14)20-15(13(10-22)17(21)23)19-12-5-2-4-11(8-12)9-18/h2-8,19,22H,10H2,1H3. The van der Waals surface area contributed by atoms with E-state index in [2.05, 4.69) is 10.3 Å². The first-order chi connectivity index (χ1) is 11.7. The number of ether oxygens (including phenoxy) is 1. The molecule has 3 rings (SSSR count). The third kappa shape index (κ3) is 2.66. The molecule has 24 heavy (non-hydrogen) atoms. The fraction of sp³-hybridized carbons (Fsp3) is 0.118. The molecule has 120 valence electrons. The molecule has 2 aromatic heterocycles. The summed E-state index contributed by atoms with van der Waals surface area (Å²) in [6.07, 6.45) is 1.56. The first-order valence-electron chi connectivity index (χ1n) is 7.14. The molecule has 0 amide bonds. The van der Waals surface area contributed by atoms with Crippen molar-refractivity contribution in [1.29, 1.82) is 5.26 Å². The third-order valence-corrected chi connectivity index (χ3v) is 3.54. The number of hydrogen-bond acceptors (Lipinski definition) is 6. The van der Waals surface area contributed by atoms with Crippen LogP contribution in [-0.2, 0) is 6.61 Å². The number of aliphatic hydroxyl groups excluding tert-OH is 1. The van der Waals surface area contributed by atoms with Crippen LogP contribution in [0, 0.1) is 11.3 Å². The zero-order chi connectivity index (χ0) is 17.1. The van der Waals surface area contributed by atoms with Gasteiger partial charge in [-0.25, -0.2) is 4.98 Å². The Balaban J connectivity index is 2.19. The highest BCUT2D eigenvalue weighted by Gasteiger charge is 2.14. The van der Waals surface area contributed by atoms with Crippen molar-refractivity contribution in [3.8, 4) is 11.8 Å². The van der Waals surface area contributed by atoms with Crippen LogP contribution in [0.25, 0.3) is 5.65 Å². The molecule has 3 aromatic rings. The zero-order valence-corrected chi connectivity index (χ0v) is 12.9. The highest BCUT2D eigenvalue weighted by atomic mass is 16.5. The van der Waals surface area contributed by atoms with Crippen molar-refractivity contribution >= 4 is 17.2 Å². The number of aromatic nitrogens is 2. The summed E-state index contributed by atoms with van der Waals surface area (Å²) in [7, 11) is 1.49. The quantitative estimate of drug-likeness (QED) is 0.760. The van der Waals surface area contributed by atoms with E-state index >= 15 is 0 Å². The van der Waals surface area contributed by atoms with Gasteiger partial charge >= 0.3 is 0 Å². The van der Waals surface area contributed by atoms with Crippen LogP contribution >= 0.6 is 0 Å². The lowest BCUT2D eigenvalue weighted by Gasteiger charge is -2.13. The van der Waals surface area contributed by atoms with Gasteiger partial charge in [-0.3, -0.25) is 9.20 Å². The number of fused-ring (bicyclic) bond motifs is 1. The van der Waals surface area contributed by atoms with E-state index in [0.717, 1.165) is 0 Å². The Hall–Kier alpha value is -3.37. The SMILES string of the molecule is COc1cccn2c(=O)c(CO)c(Nc3cccc(C#N)c3)nc12. The summed E-state index contributed by atoms with van der Waals surface area (Å²) in [5.74, 6) is 0.662. The van der Waals surface area contributed by atoms with Gasteiger partial charge in [0.05, 0.1) is 30.9 Å². The summed E-state index contributed by atoms with van der Waals surface area (Å²) in [4.78, 5) is 17.0. The fourth-order valence-corrected chi connectivity index (χ4v) is 2.38. The van der Waals surface area contributed by atoms with Crippen molar-refractivity contribution in [3.05, 3.63) is 64.1 Å². The third-order valence-electron chi connectivity index (χ3n) is 3.54. The van der Waals surface area contributed by atoms with Crippen LogP contribution in [-0.4, -0.2) is 21.6 Å². The van der Waals surface area contributed by atoms with Crippen molar-refractivity contribution in [1.82, 2.24) is 9.38 Å². The van der Waals surface area contributed by atoms with Crippen molar-refractivity contribution in [2.24, 2.45) is 0 Å². The van der Waals surface area contributed by atoms with Crippen LogP contribution in [0.5, 0.6) is 5.75 Å². The Morgan fingerprint density at radius 3 is 2.92 bits per heavy atom. The van der Waals surface area contributed by atoms with E-state index < -0.39 is 6.61 Å². The molecule has 1 aromatic carbocycles. The Morgan fingerprint density at radius 1 is 1.38 bits per heavy atom.